The van der Waals surface area contributed by atoms with Gasteiger partial charge in [-0.25, -0.2) is 9.78 Å². The van der Waals surface area contributed by atoms with Crippen LogP contribution in [0, 0.1) is 0 Å². The predicted octanol–water partition coefficient (Wildman–Crippen LogP) is 3.96. The molecule has 1 amide bonds. The Morgan fingerprint density at radius 3 is 2.63 bits per heavy atom. The predicted molar refractivity (Wildman–Crippen MR) is 142 cm³/mol. The Bertz CT molecular complexity index is 1240. The maximum Gasteiger partial charge on any atom is 0.344 e. The highest BCUT2D eigenvalue weighted by Crippen LogP contribution is 2.30. The van der Waals surface area contributed by atoms with E-state index in [4.69, 9.17) is 19.3 Å². The van der Waals surface area contributed by atoms with Crippen molar-refractivity contribution in [1.29, 1.82) is 0 Å². The summed E-state index contributed by atoms with van der Waals surface area (Å²) < 4.78 is 17.3. The van der Waals surface area contributed by atoms with E-state index in [1.165, 1.54) is 13.1 Å². The van der Waals surface area contributed by atoms with Gasteiger partial charge in [-0.1, -0.05) is 24.3 Å². The first-order chi connectivity index (χ1) is 18.4. The quantitative estimate of drug-likeness (QED) is 0.387. The van der Waals surface area contributed by atoms with Gasteiger partial charge in [0, 0.05) is 6.54 Å². The fourth-order valence-corrected chi connectivity index (χ4v) is 4.13. The molecule has 1 fully saturated rings. The van der Waals surface area contributed by atoms with Crippen LogP contribution in [0.5, 0.6) is 17.2 Å². The number of amides is 1. The molecule has 2 heterocycles. The Labute approximate surface area is 221 Å². The van der Waals surface area contributed by atoms with Crippen LogP contribution in [0.25, 0.3) is 0 Å². The topological polar surface area (TPSA) is 123 Å². The van der Waals surface area contributed by atoms with Gasteiger partial charge in [-0.3, -0.25) is 9.78 Å². The minimum absolute atomic E-state index is 0.0316. The normalized spacial score (nSPS) is 15.8. The van der Waals surface area contributed by atoms with Crippen molar-refractivity contribution in [3.05, 3.63) is 66.5 Å². The van der Waals surface area contributed by atoms with E-state index >= 15 is 0 Å². The standard InChI is InChI=1S/C28H32N4O6/c1-3-36-23-8-4-5-9-24(23)38-22-7-6-14-32(18-22)26-17-29-16-25(30-26)31-27(33)15-20-10-12-21(13-11-20)37-19(2)28(34)35/h4-5,8-13,16-17,19,22H,3,6-7,14-15,18H2,1-2H3,(H,34,35)(H,30,31,33)/t19?,22-/m1/s1. The van der Waals surface area contributed by atoms with Gasteiger partial charge >= 0.3 is 5.97 Å². The van der Waals surface area contributed by atoms with Crippen LogP contribution in [-0.4, -0.2) is 58.9 Å². The van der Waals surface area contributed by atoms with E-state index in [0.717, 1.165) is 36.4 Å². The summed E-state index contributed by atoms with van der Waals surface area (Å²) in [6, 6.07) is 14.4. The molecule has 0 saturated carbocycles. The van der Waals surface area contributed by atoms with Crippen molar-refractivity contribution >= 4 is 23.5 Å². The Morgan fingerprint density at radius 2 is 1.89 bits per heavy atom. The maximum absolute atomic E-state index is 12.6. The summed E-state index contributed by atoms with van der Waals surface area (Å²) in [6.07, 6.45) is 4.19. The average molecular weight is 521 g/mol. The number of benzene rings is 2. The van der Waals surface area contributed by atoms with Crippen LogP contribution in [0.4, 0.5) is 11.6 Å². The molecule has 0 aliphatic carbocycles. The van der Waals surface area contributed by atoms with Crippen molar-refractivity contribution in [3.8, 4) is 17.2 Å². The molecule has 1 aromatic heterocycles. The highest BCUT2D eigenvalue weighted by atomic mass is 16.5. The summed E-state index contributed by atoms with van der Waals surface area (Å²) in [6.45, 7) is 5.42. The number of carboxylic acids is 1. The molecule has 1 saturated heterocycles. The van der Waals surface area contributed by atoms with Crippen LogP contribution in [0.1, 0.15) is 32.3 Å². The van der Waals surface area contributed by atoms with Crippen molar-refractivity contribution in [1.82, 2.24) is 9.97 Å². The van der Waals surface area contributed by atoms with Crippen molar-refractivity contribution in [2.45, 2.75) is 45.3 Å². The molecule has 200 valence electrons. The summed E-state index contributed by atoms with van der Waals surface area (Å²) in [5.74, 6) is 1.63. The summed E-state index contributed by atoms with van der Waals surface area (Å²) >= 11 is 0. The van der Waals surface area contributed by atoms with Gasteiger partial charge in [0.05, 0.1) is 32.0 Å². The number of carbonyl (C=O) groups is 2. The lowest BCUT2D eigenvalue weighted by molar-refractivity contribution is -0.144. The first-order valence-corrected chi connectivity index (χ1v) is 12.6. The summed E-state index contributed by atoms with van der Waals surface area (Å²) in [5.41, 5.74) is 0.755. The Hall–Kier alpha value is -4.34. The first-order valence-electron chi connectivity index (χ1n) is 12.6. The van der Waals surface area contributed by atoms with E-state index in [0.29, 0.717) is 30.5 Å². The fourth-order valence-electron chi connectivity index (χ4n) is 4.13. The number of carboxylic acid groups (broad SMARTS) is 1. The fraction of sp³-hybridized carbons (Fsp3) is 0.357. The van der Waals surface area contributed by atoms with E-state index in [-0.39, 0.29) is 18.4 Å². The number of rotatable bonds is 11. The SMILES string of the molecule is CCOc1ccccc1O[C@@H]1CCCN(c2cncc(NC(=O)Cc3ccc(OC(C)C(=O)O)cc3)n2)C1. The molecule has 38 heavy (non-hydrogen) atoms. The van der Waals surface area contributed by atoms with Gasteiger partial charge in [0.25, 0.3) is 0 Å². The van der Waals surface area contributed by atoms with Gasteiger partial charge in [0.15, 0.2) is 23.4 Å². The molecule has 2 aromatic carbocycles. The van der Waals surface area contributed by atoms with Crippen LogP contribution in [-0.2, 0) is 16.0 Å². The molecular weight excluding hydrogens is 488 g/mol. The molecule has 0 spiro atoms. The van der Waals surface area contributed by atoms with Gasteiger partial charge in [-0.05, 0) is 56.5 Å². The molecule has 0 bridgehead atoms. The maximum atomic E-state index is 12.6. The monoisotopic (exact) mass is 520 g/mol. The Morgan fingerprint density at radius 1 is 1.13 bits per heavy atom. The van der Waals surface area contributed by atoms with Crippen LogP contribution < -0.4 is 24.4 Å². The number of para-hydroxylation sites is 2. The zero-order valence-electron chi connectivity index (χ0n) is 21.5. The lowest BCUT2D eigenvalue weighted by Gasteiger charge is -2.33. The molecule has 4 rings (SSSR count). The van der Waals surface area contributed by atoms with Gasteiger partial charge in [0.2, 0.25) is 5.91 Å². The summed E-state index contributed by atoms with van der Waals surface area (Å²) in [7, 11) is 0. The number of carbonyl (C=O) groups excluding carboxylic acids is 1. The third-order valence-electron chi connectivity index (χ3n) is 5.98. The summed E-state index contributed by atoms with van der Waals surface area (Å²) in [4.78, 5) is 34.6. The Balaban J connectivity index is 1.33. The smallest absolute Gasteiger partial charge is 0.344 e. The third-order valence-corrected chi connectivity index (χ3v) is 5.98. The van der Waals surface area contributed by atoms with E-state index in [2.05, 4.69) is 20.2 Å². The highest BCUT2D eigenvalue weighted by molar-refractivity contribution is 5.91. The van der Waals surface area contributed by atoms with E-state index in [9.17, 15) is 9.59 Å². The van der Waals surface area contributed by atoms with Gasteiger partial charge in [0.1, 0.15) is 17.7 Å². The van der Waals surface area contributed by atoms with Crippen LogP contribution in [0.2, 0.25) is 0 Å². The largest absolute Gasteiger partial charge is 0.490 e. The number of anilines is 2. The minimum atomic E-state index is -1.05. The second kappa shape index (κ2) is 12.8. The molecule has 1 unspecified atom stereocenters. The number of ether oxygens (including phenoxy) is 3. The lowest BCUT2D eigenvalue weighted by atomic mass is 10.1. The molecular formula is C28H32N4O6. The second-order valence-electron chi connectivity index (χ2n) is 8.94. The Kier molecular flexibility index (Phi) is 8.97. The minimum Gasteiger partial charge on any atom is -0.490 e. The van der Waals surface area contributed by atoms with E-state index in [1.807, 2.05) is 31.2 Å². The molecule has 10 nitrogen and oxygen atoms in total. The molecule has 1 aliphatic rings. The number of hydrogen-bond acceptors (Lipinski definition) is 8. The van der Waals surface area contributed by atoms with Gasteiger partial charge < -0.3 is 29.5 Å². The average Bonchev–Trinajstić information content (AvgIpc) is 2.91. The van der Waals surface area contributed by atoms with E-state index in [1.54, 1.807) is 30.5 Å². The van der Waals surface area contributed by atoms with Crippen molar-refractivity contribution < 1.29 is 28.9 Å². The second-order valence-corrected chi connectivity index (χ2v) is 8.94. The number of aliphatic carboxylic acids is 1. The summed E-state index contributed by atoms with van der Waals surface area (Å²) in [5, 5.41) is 11.8. The zero-order valence-corrected chi connectivity index (χ0v) is 21.5. The highest BCUT2D eigenvalue weighted by Gasteiger charge is 2.24. The number of hydrogen-bond donors (Lipinski definition) is 2. The van der Waals surface area contributed by atoms with E-state index < -0.39 is 12.1 Å². The van der Waals surface area contributed by atoms with Crippen LogP contribution in [0.3, 0.4) is 0 Å². The van der Waals surface area contributed by atoms with Gasteiger partial charge in [-0.15, -0.1) is 0 Å². The lowest BCUT2D eigenvalue weighted by Crippen LogP contribution is -2.41. The zero-order chi connectivity index (χ0) is 26.9. The first kappa shape index (κ1) is 26.7. The van der Waals surface area contributed by atoms with Gasteiger partial charge in [-0.2, -0.15) is 0 Å². The molecule has 2 atom stereocenters. The van der Waals surface area contributed by atoms with Crippen molar-refractivity contribution in [2.24, 2.45) is 0 Å². The third kappa shape index (κ3) is 7.34. The van der Waals surface area contributed by atoms with Crippen molar-refractivity contribution in [3.63, 3.8) is 0 Å². The molecule has 2 N–H and O–H groups in total. The van der Waals surface area contributed by atoms with Crippen molar-refractivity contribution in [2.75, 3.05) is 29.9 Å². The number of nitrogens with one attached hydrogen (secondary N) is 1. The van der Waals surface area contributed by atoms with Crippen LogP contribution >= 0.6 is 0 Å². The number of aromatic nitrogens is 2. The molecule has 1 aliphatic heterocycles. The molecule has 0 radical (unpaired) electrons. The number of nitrogens with zero attached hydrogens (tertiary/aromatic N) is 3. The molecule has 10 heteroatoms. The molecule has 3 aromatic rings. The van der Waals surface area contributed by atoms with Crippen LogP contribution in [0.15, 0.2) is 60.9 Å². The number of piperidine rings is 1.